The third-order valence-electron chi connectivity index (χ3n) is 4.85. The zero-order valence-corrected chi connectivity index (χ0v) is 19.9. The van der Waals surface area contributed by atoms with Crippen molar-refractivity contribution in [1.29, 1.82) is 0 Å². The number of piperazine rings is 1. The Morgan fingerprint density at radius 3 is 2.71 bits per heavy atom. The fourth-order valence-electron chi connectivity index (χ4n) is 3.09. The summed E-state index contributed by atoms with van der Waals surface area (Å²) >= 11 is 7.56. The lowest BCUT2D eigenvalue weighted by molar-refractivity contribution is -0.148. The number of aryl methyl sites for hydroxylation is 1. The molecule has 3 rings (SSSR count). The Bertz CT molecular complexity index is 1000. The van der Waals surface area contributed by atoms with Gasteiger partial charge in [0.1, 0.15) is 12.6 Å². The summed E-state index contributed by atoms with van der Waals surface area (Å²) in [5.41, 5.74) is 2.40. The normalized spacial score (nSPS) is 15.7. The van der Waals surface area contributed by atoms with Gasteiger partial charge in [0.2, 0.25) is 5.91 Å². The number of hydrogen-bond donors (Lipinski definition) is 2. The summed E-state index contributed by atoms with van der Waals surface area (Å²) in [5.74, 6) is -1.21. The van der Waals surface area contributed by atoms with Crippen molar-refractivity contribution in [3.8, 4) is 0 Å². The molecule has 1 aliphatic heterocycles. The molecule has 1 saturated heterocycles. The first-order valence-corrected chi connectivity index (χ1v) is 11.2. The molecule has 0 saturated carbocycles. The van der Waals surface area contributed by atoms with Crippen LogP contribution in [0.4, 0.5) is 0 Å². The van der Waals surface area contributed by atoms with Crippen molar-refractivity contribution >= 4 is 57.7 Å². The molecule has 2 aromatic carbocycles. The van der Waals surface area contributed by atoms with E-state index >= 15 is 0 Å². The quantitative estimate of drug-likeness (QED) is 0.338. The highest BCUT2D eigenvalue weighted by Gasteiger charge is 2.34. The number of amides is 2. The predicted octanol–water partition coefficient (Wildman–Crippen LogP) is 2.55. The van der Waals surface area contributed by atoms with Gasteiger partial charge in [0.15, 0.2) is 5.11 Å². The molecule has 0 aromatic heterocycles. The minimum Gasteiger partial charge on any atom is -0.461 e. The van der Waals surface area contributed by atoms with Gasteiger partial charge in [0, 0.05) is 22.2 Å². The van der Waals surface area contributed by atoms with Crippen molar-refractivity contribution in [2.24, 2.45) is 0 Å². The van der Waals surface area contributed by atoms with E-state index in [2.05, 4.69) is 33.2 Å². The van der Waals surface area contributed by atoms with Crippen molar-refractivity contribution in [2.75, 3.05) is 13.1 Å². The average Bonchev–Trinajstić information content (AvgIpc) is 2.76. The molecule has 162 valence electrons. The molecule has 1 fully saturated rings. The van der Waals surface area contributed by atoms with Gasteiger partial charge in [-0.2, -0.15) is 0 Å². The second-order valence-electron chi connectivity index (χ2n) is 7.07. The maximum absolute atomic E-state index is 12.6. The maximum atomic E-state index is 12.6. The van der Waals surface area contributed by atoms with Crippen molar-refractivity contribution < 1.29 is 19.1 Å². The third kappa shape index (κ3) is 6.23. The Labute approximate surface area is 199 Å². The Hall–Kier alpha value is -2.53. The van der Waals surface area contributed by atoms with Gasteiger partial charge >= 0.3 is 5.97 Å². The summed E-state index contributed by atoms with van der Waals surface area (Å²) < 4.78 is 6.27. The topological polar surface area (TPSA) is 87.7 Å². The number of esters is 1. The highest BCUT2D eigenvalue weighted by atomic mass is 127. The van der Waals surface area contributed by atoms with Gasteiger partial charge in [-0.15, -0.1) is 0 Å². The minimum absolute atomic E-state index is 0.108. The summed E-state index contributed by atoms with van der Waals surface area (Å²) in [6.07, 6.45) is -0.170. The van der Waals surface area contributed by atoms with E-state index < -0.39 is 12.0 Å². The van der Waals surface area contributed by atoms with Crippen LogP contribution >= 0.6 is 34.8 Å². The van der Waals surface area contributed by atoms with Crippen LogP contribution in [0.25, 0.3) is 0 Å². The monoisotopic (exact) mass is 551 g/mol. The largest absolute Gasteiger partial charge is 0.461 e. The van der Waals surface area contributed by atoms with Crippen LogP contribution in [-0.4, -0.2) is 46.9 Å². The number of ether oxygens (including phenoxy) is 1. The fourth-order valence-corrected chi connectivity index (χ4v) is 3.92. The SMILES string of the molecule is Cc1ccc(C(=O)NC(=S)N2CCNC(=O)C2CC(=O)OCc2ccccc2)cc1I. The van der Waals surface area contributed by atoms with Crippen LogP contribution in [0, 0.1) is 10.5 Å². The predicted molar refractivity (Wildman–Crippen MR) is 128 cm³/mol. The van der Waals surface area contributed by atoms with Gasteiger partial charge in [-0.1, -0.05) is 36.4 Å². The Balaban J connectivity index is 1.62. The molecule has 0 spiro atoms. The van der Waals surface area contributed by atoms with Gasteiger partial charge < -0.3 is 15.0 Å². The Kier molecular flexibility index (Phi) is 7.97. The lowest BCUT2D eigenvalue weighted by atomic mass is 10.1. The standard InChI is InChI=1S/C22H22IN3O4S/c1-14-7-8-16(11-17(14)23)20(28)25-22(31)26-10-9-24-21(29)18(26)12-19(27)30-13-15-5-3-2-4-6-15/h2-8,11,18H,9-10,12-13H2,1H3,(H,24,29)(H,25,28,31). The highest BCUT2D eigenvalue weighted by Crippen LogP contribution is 2.15. The lowest BCUT2D eigenvalue weighted by Gasteiger charge is -2.36. The van der Waals surface area contributed by atoms with Gasteiger partial charge in [-0.3, -0.25) is 19.7 Å². The molecule has 9 heteroatoms. The number of carbonyl (C=O) groups excluding carboxylic acids is 3. The number of nitrogens with zero attached hydrogens (tertiary/aromatic N) is 1. The van der Waals surface area contributed by atoms with E-state index in [1.165, 1.54) is 0 Å². The summed E-state index contributed by atoms with van der Waals surface area (Å²) in [6, 6.07) is 13.8. The minimum atomic E-state index is -0.844. The molecule has 1 heterocycles. The Morgan fingerprint density at radius 1 is 1.26 bits per heavy atom. The van der Waals surface area contributed by atoms with Gasteiger partial charge in [0.05, 0.1) is 6.42 Å². The van der Waals surface area contributed by atoms with Crippen molar-refractivity contribution in [3.05, 3.63) is 68.8 Å². The highest BCUT2D eigenvalue weighted by molar-refractivity contribution is 14.1. The number of benzene rings is 2. The van der Waals surface area contributed by atoms with E-state index in [0.717, 1.165) is 14.7 Å². The molecule has 1 aliphatic rings. The van der Waals surface area contributed by atoms with E-state index in [9.17, 15) is 14.4 Å². The molecular formula is C22H22IN3O4S. The number of hydrogen-bond acceptors (Lipinski definition) is 5. The number of nitrogens with one attached hydrogen (secondary N) is 2. The van der Waals surface area contributed by atoms with Crippen molar-refractivity contribution in [1.82, 2.24) is 15.5 Å². The van der Waals surface area contributed by atoms with Crippen LogP contribution in [0.3, 0.4) is 0 Å². The van der Waals surface area contributed by atoms with E-state index in [0.29, 0.717) is 18.7 Å². The molecule has 1 atom stereocenters. The zero-order chi connectivity index (χ0) is 22.4. The van der Waals surface area contributed by atoms with E-state index in [-0.39, 0.29) is 30.0 Å². The first-order chi connectivity index (χ1) is 14.8. The van der Waals surface area contributed by atoms with E-state index in [1.54, 1.807) is 17.0 Å². The van der Waals surface area contributed by atoms with E-state index in [1.807, 2.05) is 43.3 Å². The van der Waals surface area contributed by atoms with Crippen LogP contribution in [0.15, 0.2) is 48.5 Å². The molecule has 2 amide bonds. The number of halogens is 1. The summed E-state index contributed by atoms with van der Waals surface area (Å²) in [7, 11) is 0. The molecule has 0 bridgehead atoms. The second-order valence-corrected chi connectivity index (χ2v) is 8.62. The number of rotatable bonds is 5. The Morgan fingerprint density at radius 2 is 2.00 bits per heavy atom. The third-order valence-corrected chi connectivity index (χ3v) is 6.35. The molecule has 2 N–H and O–H groups in total. The molecule has 0 radical (unpaired) electrons. The smallest absolute Gasteiger partial charge is 0.308 e. The molecule has 2 aromatic rings. The molecule has 31 heavy (non-hydrogen) atoms. The first-order valence-electron chi connectivity index (χ1n) is 9.70. The first kappa shape index (κ1) is 23.1. The van der Waals surface area contributed by atoms with Gasteiger partial charge in [0.25, 0.3) is 5.91 Å². The molecule has 7 nitrogen and oxygen atoms in total. The molecule has 1 unspecified atom stereocenters. The average molecular weight is 551 g/mol. The molecule has 0 aliphatic carbocycles. The molecular weight excluding hydrogens is 529 g/mol. The summed E-state index contributed by atoms with van der Waals surface area (Å²) in [6.45, 7) is 2.84. The van der Waals surface area contributed by atoms with Crippen LogP contribution in [-0.2, 0) is 20.9 Å². The number of carbonyl (C=O) groups is 3. The van der Waals surface area contributed by atoms with Gasteiger partial charge in [-0.25, -0.2) is 0 Å². The van der Waals surface area contributed by atoms with Crippen LogP contribution < -0.4 is 10.6 Å². The fraction of sp³-hybridized carbons (Fsp3) is 0.273. The second kappa shape index (κ2) is 10.7. The van der Waals surface area contributed by atoms with Crippen molar-refractivity contribution in [3.63, 3.8) is 0 Å². The van der Waals surface area contributed by atoms with E-state index in [4.69, 9.17) is 17.0 Å². The zero-order valence-electron chi connectivity index (χ0n) is 16.9. The van der Waals surface area contributed by atoms with Crippen LogP contribution in [0.5, 0.6) is 0 Å². The maximum Gasteiger partial charge on any atom is 0.308 e. The van der Waals surface area contributed by atoms with Crippen LogP contribution in [0.2, 0.25) is 0 Å². The lowest BCUT2D eigenvalue weighted by Crippen LogP contribution is -2.60. The number of thiocarbonyl (C=S) groups is 1. The van der Waals surface area contributed by atoms with Crippen LogP contribution in [0.1, 0.15) is 27.9 Å². The summed E-state index contributed by atoms with van der Waals surface area (Å²) in [5, 5.41) is 5.52. The van der Waals surface area contributed by atoms with Crippen molar-refractivity contribution in [2.45, 2.75) is 26.0 Å². The summed E-state index contributed by atoms with van der Waals surface area (Å²) in [4.78, 5) is 38.9. The van der Waals surface area contributed by atoms with Gasteiger partial charge in [-0.05, 0) is 65.0 Å².